The fourth-order valence-electron chi connectivity index (χ4n) is 4.15. The van der Waals surface area contributed by atoms with E-state index in [2.05, 4.69) is 4.72 Å². The molecule has 0 heterocycles. The topological polar surface area (TPSA) is 92.7 Å². The molecule has 0 aliphatic carbocycles. The predicted molar refractivity (Wildman–Crippen MR) is 142 cm³/mol. The summed E-state index contributed by atoms with van der Waals surface area (Å²) in [7, 11) is -3.61. The lowest BCUT2D eigenvalue weighted by Crippen LogP contribution is -2.26. The van der Waals surface area contributed by atoms with Crippen LogP contribution in [0.15, 0.2) is 109 Å². The number of ether oxygens (including phenoxy) is 1. The van der Waals surface area contributed by atoms with Crippen molar-refractivity contribution < 1.29 is 23.1 Å². The van der Waals surface area contributed by atoms with Crippen LogP contribution in [0.5, 0.6) is 5.75 Å². The number of carbonyl (C=O) groups is 1. The van der Waals surface area contributed by atoms with E-state index in [1.807, 2.05) is 91.0 Å². The number of allylic oxidation sites excluding steroid dienone is 1. The zero-order chi connectivity index (χ0) is 25.4. The summed E-state index contributed by atoms with van der Waals surface area (Å²) in [6, 6.07) is 30.4. The number of carboxylic acid groups (broad SMARTS) is 1. The van der Waals surface area contributed by atoms with Gasteiger partial charge in [-0.05, 0) is 34.6 Å². The van der Waals surface area contributed by atoms with Gasteiger partial charge in [0.1, 0.15) is 5.75 Å². The van der Waals surface area contributed by atoms with Crippen LogP contribution in [0.25, 0.3) is 10.8 Å². The van der Waals surface area contributed by atoms with Crippen LogP contribution in [-0.2, 0) is 21.2 Å². The van der Waals surface area contributed by atoms with E-state index < -0.39 is 22.6 Å². The first-order valence-corrected chi connectivity index (χ1v) is 13.2. The van der Waals surface area contributed by atoms with Crippen LogP contribution < -0.4 is 9.46 Å². The first kappa shape index (κ1) is 25.0. The molecule has 0 amide bonds. The second-order valence-corrected chi connectivity index (χ2v) is 10.1. The van der Waals surface area contributed by atoms with Gasteiger partial charge in [-0.25, -0.2) is 13.2 Å². The largest absolute Gasteiger partial charge is 0.481 e. The Kier molecular flexibility index (Phi) is 8.02. The molecular formula is C29H27NO5S. The van der Waals surface area contributed by atoms with Crippen molar-refractivity contribution in [2.24, 2.45) is 0 Å². The molecule has 0 aromatic heterocycles. The number of hydrogen-bond acceptors (Lipinski definition) is 4. The third-order valence-corrected chi connectivity index (χ3v) is 7.08. The van der Waals surface area contributed by atoms with E-state index in [0.29, 0.717) is 12.2 Å². The van der Waals surface area contributed by atoms with Gasteiger partial charge in [-0.3, -0.25) is 4.72 Å². The Morgan fingerprint density at radius 2 is 1.44 bits per heavy atom. The van der Waals surface area contributed by atoms with E-state index in [1.54, 1.807) is 12.1 Å². The number of nitrogens with one attached hydrogen (secondary N) is 1. The summed E-state index contributed by atoms with van der Waals surface area (Å²) in [5.41, 5.74) is 2.85. The maximum absolute atomic E-state index is 13.0. The molecule has 0 atom stereocenters. The molecule has 0 saturated heterocycles. The smallest absolute Gasteiger partial charge is 0.341 e. The highest BCUT2D eigenvalue weighted by Crippen LogP contribution is 2.29. The number of sulfonamides is 1. The zero-order valence-corrected chi connectivity index (χ0v) is 20.4. The summed E-state index contributed by atoms with van der Waals surface area (Å²) < 4.78 is 33.9. The number of benzene rings is 4. The molecule has 4 aromatic carbocycles. The van der Waals surface area contributed by atoms with Gasteiger partial charge in [0.05, 0.1) is 5.75 Å². The highest BCUT2D eigenvalue weighted by Gasteiger charge is 2.21. The molecule has 2 N–H and O–H groups in total. The summed E-state index contributed by atoms with van der Waals surface area (Å²) in [6.45, 7) is -0.419. The minimum Gasteiger partial charge on any atom is -0.481 e. The molecule has 184 valence electrons. The molecule has 0 saturated carbocycles. The third kappa shape index (κ3) is 6.52. The summed E-state index contributed by atoms with van der Waals surface area (Å²) in [5.74, 6) is -0.917. The van der Waals surface area contributed by atoms with Crippen LogP contribution in [0.4, 0.5) is 0 Å². The minimum absolute atomic E-state index is 0.0795. The maximum Gasteiger partial charge on any atom is 0.341 e. The summed E-state index contributed by atoms with van der Waals surface area (Å²) >= 11 is 0. The Balaban J connectivity index is 1.46. The highest BCUT2D eigenvalue weighted by molar-refractivity contribution is 7.89. The standard InChI is InChI=1S/C29H27NO5S/c31-29(32)20-35-28-18-8-16-25-22(14-7-17-26(25)28)15-9-19-30-36(33,34)21-27(23-10-3-1-4-11-23)24-12-5-2-6-13-24/h1-14,16-19,27,30H,15,20-21H2,(H,31,32). The molecule has 4 aromatic rings. The number of fused-ring (bicyclic) bond motifs is 1. The summed E-state index contributed by atoms with van der Waals surface area (Å²) in [5, 5.41) is 10.6. The van der Waals surface area contributed by atoms with Crippen LogP contribution in [0.1, 0.15) is 22.6 Å². The van der Waals surface area contributed by atoms with Crippen LogP contribution in [0.3, 0.4) is 0 Å². The predicted octanol–water partition coefficient (Wildman–Crippen LogP) is 5.11. The fraction of sp³-hybridized carbons (Fsp3) is 0.138. The second-order valence-electron chi connectivity index (χ2n) is 8.33. The van der Waals surface area contributed by atoms with E-state index in [0.717, 1.165) is 27.5 Å². The van der Waals surface area contributed by atoms with E-state index in [9.17, 15) is 13.2 Å². The van der Waals surface area contributed by atoms with Crippen molar-refractivity contribution in [3.05, 3.63) is 126 Å². The van der Waals surface area contributed by atoms with Gasteiger partial charge in [0, 0.05) is 17.5 Å². The second kappa shape index (κ2) is 11.6. The van der Waals surface area contributed by atoms with Gasteiger partial charge in [-0.1, -0.05) is 97.1 Å². The Bertz CT molecular complexity index is 1410. The minimum atomic E-state index is -3.61. The SMILES string of the molecule is O=C(O)COc1cccc2c(CC=CNS(=O)(=O)CC(c3ccccc3)c3ccccc3)cccc12. The van der Waals surface area contributed by atoms with E-state index in [4.69, 9.17) is 9.84 Å². The van der Waals surface area contributed by atoms with Gasteiger partial charge in [0.15, 0.2) is 6.61 Å². The molecule has 0 bridgehead atoms. The zero-order valence-electron chi connectivity index (χ0n) is 19.6. The first-order valence-electron chi connectivity index (χ1n) is 11.5. The van der Waals surface area contributed by atoms with Crippen molar-refractivity contribution in [3.63, 3.8) is 0 Å². The molecule has 0 aliphatic heterocycles. The summed E-state index contributed by atoms with van der Waals surface area (Å²) in [6.07, 6.45) is 3.71. The lowest BCUT2D eigenvalue weighted by atomic mass is 9.93. The normalized spacial score (nSPS) is 11.7. The van der Waals surface area contributed by atoms with Gasteiger partial charge < -0.3 is 9.84 Å². The van der Waals surface area contributed by atoms with Crippen LogP contribution in [0.2, 0.25) is 0 Å². The molecule has 0 unspecified atom stereocenters. The Hall–Kier alpha value is -4.10. The van der Waals surface area contributed by atoms with Crippen molar-refractivity contribution in [2.45, 2.75) is 12.3 Å². The highest BCUT2D eigenvalue weighted by atomic mass is 32.2. The van der Waals surface area contributed by atoms with Gasteiger partial charge >= 0.3 is 5.97 Å². The number of aliphatic carboxylic acids is 1. The van der Waals surface area contributed by atoms with Crippen molar-refractivity contribution >= 4 is 26.8 Å². The van der Waals surface area contributed by atoms with Crippen molar-refractivity contribution in [2.75, 3.05) is 12.4 Å². The Morgan fingerprint density at radius 3 is 2.08 bits per heavy atom. The molecule has 7 heteroatoms. The molecule has 6 nitrogen and oxygen atoms in total. The Labute approximate surface area is 210 Å². The molecular weight excluding hydrogens is 474 g/mol. The van der Waals surface area contributed by atoms with Gasteiger partial charge in [0.25, 0.3) is 0 Å². The van der Waals surface area contributed by atoms with E-state index in [-0.39, 0.29) is 11.7 Å². The monoisotopic (exact) mass is 501 g/mol. The first-order chi connectivity index (χ1) is 17.4. The van der Waals surface area contributed by atoms with Gasteiger partial charge in [-0.2, -0.15) is 0 Å². The fourth-order valence-corrected chi connectivity index (χ4v) is 5.37. The number of rotatable bonds is 11. The van der Waals surface area contributed by atoms with E-state index >= 15 is 0 Å². The third-order valence-electron chi connectivity index (χ3n) is 5.82. The molecule has 0 radical (unpaired) electrons. The van der Waals surface area contributed by atoms with Gasteiger partial charge in [-0.15, -0.1) is 0 Å². The van der Waals surface area contributed by atoms with Crippen LogP contribution in [0, 0.1) is 0 Å². The van der Waals surface area contributed by atoms with E-state index in [1.165, 1.54) is 6.20 Å². The van der Waals surface area contributed by atoms with Crippen molar-refractivity contribution in [1.29, 1.82) is 0 Å². The molecule has 0 aliphatic rings. The average molecular weight is 502 g/mol. The molecule has 0 fully saturated rings. The quantitative estimate of drug-likeness (QED) is 0.298. The molecule has 0 spiro atoms. The van der Waals surface area contributed by atoms with Gasteiger partial charge in [0.2, 0.25) is 10.0 Å². The molecule has 4 rings (SSSR count). The number of carboxylic acids is 1. The molecule has 36 heavy (non-hydrogen) atoms. The average Bonchev–Trinajstić information content (AvgIpc) is 2.89. The van der Waals surface area contributed by atoms with Crippen LogP contribution in [-0.4, -0.2) is 31.9 Å². The Morgan fingerprint density at radius 1 is 0.833 bits per heavy atom. The number of hydrogen-bond donors (Lipinski definition) is 2. The van der Waals surface area contributed by atoms with Crippen LogP contribution >= 0.6 is 0 Å². The maximum atomic E-state index is 13.0. The van der Waals surface area contributed by atoms with Crippen molar-refractivity contribution in [1.82, 2.24) is 4.72 Å². The summed E-state index contributed by atoms with van der Waals surface area (Å²) in [4.78, 5) is 10.9. The lowest BCUT2D eigenvalue weighted by Gasteiger charge is -2.18. The lowest BCUT2D eigenvalue weighted by molar-refractivity contribution is -0.139. The van der Waals surface area contributed by atoms with Crippen molar-refractivity contribution in [3.8, 4) is 5.75 Å².